The monoisotopic (exact) mass is 290 g/mol. The minimum Gasteiger partial charge on any atom is -0.339 e. The van der Waals surface area contributed by atoms with Gasteiger partial charge in [-0.25, -0.2) is 9.97 Å². The SMILES string of the molecule is Clc1ccc2ncc(Nc3ccnc(Cl)n3)cc2c1. The number of nitrogens with zero attached hydrogens (tertiary/aromatic N) is 3. The number of halogens is 2. The van der Waals surface area contributed by atoms with E-state index in [1.807, 2.05) is 24.3 Å². The van der Waals surface area contributed by atoms with Gasteiger partial charge in [0.05, 0.1) is 17.4 Å². The Labute approximate surface area is 119 Å². The molecule has 0 aliphatic heterocycles. The molecule has 0 fully saturated rings. The second-order valence-electron chi connectivity index (χ2n) is 3.90. The number of benzene rings is 1. The molecule has 0 atom stereocenters. The van der Waals surface area contributed by atoms with Crippen molar-refractivity contribution < 1.29 is 0 Å². The summed E-state index contributed by atoms with van der Waals surface area (Å²) in [5.74, 6) is 0.614. The van der Waals surface area contributed by atoms with Gasteiger partial charge in [-0.3, -0.25) is 4.98 Å². The Morgan fingerprint density at radius 2 is 1.89 bits per heavy atom. The maximum atomic E-state index is 5.97. The van der Waals surface area contributed by atoms with E-state index in [4.69, 9.17) is 23.2 Å². The average molecular weight is 291 g/mol. The molecule has 94 valence electrons. The highest BCUT2D eigenvalue weighted by molar-refractivity contribution is 6.31. The van der Waals surface area contributed by atoms with E-state index < -0.39 is 0 Å². The number of anilines is 2. The molecule has 19 heavy (non-hydrogen) atoms. The van der Waals surface area contributed by atoms with Crippen molar-refractivity contribution in [1.82, 2.24) is 15.0 Å². The van der Waals surface area contributed by atoms with E-state index in [0.717, 1.165) is 16.6 Å². The normalized spacial score (nSPS) is 10.6. The Balaban J connectivity index is 1.97. The summed E-state index contributed by atoms with van der Waals surface area (Å²) in [6.07, 6.45) is 3.31. The van der Waals surface area contributed by atoms with Gasteiger partial charge in [0.2, 0.25) is 5.28 Å². The Kier molecular flexibility index (Phi) is 3.19. The van der Waals surface area contributed by atoms with Crippen molar-refractivity contribution >= 4 is 45.6 Å². The lowest BCUT2D eigenvalue weighted by Crippen LogP contribution is -1.95. The van der Waals surface area contributed by atoms with Crippen LogP contribution in [0.15, 0.2) is 42.7 Å². The summed E-state index contributed by atoms with van der Waals surface area (Å²) in [5, 5.41) is 4.94. The molecular weight excluding hydrogens is 283 g/mol. The number of nitrogens with one attached hydrogen (secondary N) is 1. The largest absolute Gasteiger partial charge is 0.339 e. The molecular formula is C13H8Cl2N4. The Morgan fingerprint density at radius 3 is 2.74 bits per heavy atom. The van der Waals surface area contributed by atoms with Gasteiger partial charge in [0, 0.05) is 16.6 Å². The van der Waals surface area contributed by atoms with Crippen molar-refractivity contribution in [2.24, 2.45) is 0 Å². The van der Waals surface area contributed by atoms with E-state index in [-0.39, 0.29) is 5.28 Å². The summed E-state index contributed by atoms with van der Waals surface area (Å²) < 4.78 is 0. The minimum absolute atomic E-state index is 0.196. The predicted octanol–water partition coefficient (Wildman–Crippen LogP) is 4.08. The Bertz CT molecular complexity index is 746. The summed E-state index contributed by atoms with van der Waals surface area (Å²) in [7, 11) is 0. The molecule has 0 bridgehead atoms. The van der Waals surface area contributed by atoms with Crippen LogP contribution >= 0.6 is 23.2 Å². The molecule has 6 heteroatoms. The molecule has 1 aromatic carbocycles. The highest BCUT2D eigenvalue weighted by atomic mass is 35.5. The fourth-order valence-electron chi connectivity index (χ4n) is 1.72. The molecule has 2 aromatic heterocycles. The molecule has 0 saturated heterocycles. The molecule has 2 heterocycles. The highest BCUT2D eigenvalue weighted by Crippen LogP contribution is 2.22. The number of aromatic nitrogens is 3. The van der Waals surface area contributed by atoms with Gasteiger partial charge in [-0.15, -0.1) is 0 Å². The first-order chi connectivity index (χ1) is 9.20. The first kappa shape index (κ1) is 12.1. The fourth-order valence-corrected chi connectivity index (χ4v) is 2.05. The second kappa shape index (κ2) is 4.99. The summed E-state index contributed by atoms with van der Waals surface area (Å²) in [6, 6.07) is 9.23. The van der Waals surface area contributed by atoms with Crippen molar-refractivity contribution in [3.05, 3.63) is 53.0 Å². The van der Waals surface area contributed by atoms with Crippen LogP contribution in [-0.4, -0.2) is 15.0 Å². The quantitative estimate of drug-likeness (QED) is 0.723. The highest BCUT2D eigenvalue weighted by Gasteiger charge is 2.01. The third kappa shape index (κ3) is 2.75. The van der Waals surface area contributed by atoms with Gasteiger partial charge in [-0.2, -0.15) is 0 Å². The van der Waals surface area contributed by atoms with E-state index in [1.54, 1.807) is 18.5 Å². The van der Waals surface area contributed by atoms with Gasteiger partial charge in [0.25, 0.3) is 0 Å². The van der Waals surface area contributed by atoms with Gasteiger partial charge in [0.15, 0.2) is 0 Å². The zero-order valence-electron chi connectivity index (χ0n) is 9.64. The summed E-state index contributed by atoms with van der Waals surface area (Å²) in [4.78, 5) is 12.2. The molecule has 1 N–H and O–H groups in total. The van der Waals surface area contributed by atoms with Crippen molar-refractivity contribution in [3.63, 3.8) is 0 Å². The van der Waals surface area contributed by atoms with Crippen LogP contribution in [-0.2, 0) is 0 Å². The van der Waals surface area contributed by atoms with Gasteiger partial charge in [-0.05, 0) is 41.9 Å². The summed E-state index contributed by atoms with van der Waals surface area (Å²) >= 11 is 11.7. The van der Waals surface area contributed by atoms with Crippen LogP contribution < -0.4 is 5.32 Å². The van der Waals surface area contributed by atoms with E-state index >= 15 is 0 Å². The molecule has 0 unspecified atom stereocenters. The number of rotatable bonds is 2. The topological polar surface area (TPSA) is 50.7 Å². The molecule has 0 aliphatic carbocycles. The van der Waals surface area contributed by atoms with E-state index in [1.165, 1.54) is 0 Å². The Morgan fingerprint density at radius 1 is 1.00 bits per heavy atom. The molecule has 4 nitrogen and oxygen atoms in total. The summed E-state index contributed by atoms with van der Waals surface area (Å²) in [6.45, 7) is 0. The lowest BCUT2D eigenvalue weighted by Gasteiger charge is -2.06. The number of fused-ring (bicyclic) bond motifs is 1. The second-order valence-corrected chi connectivity index (χ2v) is 4.67. The van der Waals surface area contributed by atoms with Crippen LogP contribution in [0.5, 0.6) is 0 Å². The zero-order valence-corrected chi connectivity index (χ0v) is 11.2. The number of pyridine rings is 1. The van der Waals surface area contributed by atoms with Crippen LogP contribution in [0.4, 0.5) is 11.5 Å². The summed E-state index contributed by atoms with van der Waals surface area (Å²) in [5.41, 5.74) is 1.69. The molecule has 0 saturated carbocycles. The van der Waals surface area contributed by atoms with E-state index in [0.29, 0.717) is 10.8 Å². The molecule has 0 spiro atoms. The van der Waals surface area contributed by atoms with Crippen molar-refractivity contribution in [3.8, 4) is 0 Å². The average Bonchev–Trinajstić information content (AvgIpc) is 2.38. The van der Waals surface area contributed by atoms with Gasteiger partial charge >= 0.3 is 0 Å². The lowest BCUT2D eigenvalue weighted by atomic mass is 10.2. The maximum absolute atomic E-state index is 5.97. The fraction of sp³-hybridized carbons (Fsp3) is 0. The van der Waals surface area contributed by atoms with Crippen molar-refractivity contribution in [2.45, 2.75) is 0 Å². The van der Waals surface area contributed by atoms with Crippen LogP contribution in [0, 0.1) is 0 Å². The molecule has 0 amide bonds. The van der Waals surface area contributed by atoms with Crippen molar-refractivity contribution in [1.29, 1.82) is 0 Å². The first-order valence-electron chi connectivity index (χ1n) is 5.51. The van der Waals surface area contributed by atoms with Crippen LogP contribution in [0.2, 0.25) is 10.3 Å². The van der Waals surface area contributed by atoms with E-state index in [9.17, 15) is 0 Å². The number of hydrogen-bond donors (Lipinski definition) is 1. The predicted molar refractivity (Wildman–Crippen MR) is 77.1 cm³/mol. The van der Waals surface area contributed by atoms with Crippen LogP contribution in [0.1, 0.15) is 0 Å². The first-order valence-corrected chi connectivity index (χ1v) is 6.27. The van der Waals surface area contributed by atoms with Gasteiger partial charge < -0.3 is 5.32 Å². The minimum atomic E-state index is 0.196. The molecule has 3 rings (SSSR count). The maximum Gasteiger partial charge on any atom is 0.224 e. The molecule has 0 aliphatic rings. The molecule has 0 radical (unpaired) electrons. The zero-order chi connectivity index (χ0) is 13.2. The smallest absolute Gasteiger partial charge is 0.224 e. The van der Waals surface area contributed by atoms with Crippen LogP contribution in [0.25, 0.3) is 10.9 Å². The standard InChI is InChI=1S/C13H8Cl2N4/c14-9-1-2-11-8(5-9)6-10(7-17-11)18-12-3-4-16-13(15)19-12/h1-7H,(H,16,18,19). The lowest BCUT2D eigenvalue weighted by molar-refractivity contribution is 1.17. The van der Waals surface area contributed by atoms with Gasteiger partial charge in [-0.1, -0.05) is 11.6 Å². The third-order valence-electron chi connectivity index (χ3n) is 2.54. The third-order valence-corrected chi connectivity index (χ3v) is 2.96. The van der Waals surface area contributed by atoms with Crippen molar-refractivity contribution in [2.75, 3.05) is 5.32 Å². The van der Waals surface area contributed by atoms with E-state index in [2.05, 4.69) is 20.3 Å². The van der Waals surface area contributed by atoms with Gasteiger partial charge in [0.1, 0.15) is 5.82 Å². The van der Waals surface area contributed by atoms with Crippen LogP contribution in [0.3, 0.4) is 0 Å². The number of hydrogen-bond acceptors (Lipinski definition) is 4. The Hall–Kier alpha value is -1.91. The molecule has 3 aromatic rings.